The van der Waals surface area contributed by atoms with Crippen LogP contribution in [-0.2, 0) is 5.54 Å². The van der Waals surface area contributed by atoms with E-state index in [1.807, 2.05) is 82.3 Å². The highest BCUT2D eigenvalue weighted by molar-refractivity contribution is 6.29. The van der Waals surface area contributed by atoms with Crippen molar-refractivity contribution >= 4 is 23.3 Å². The quantitative estimate of drug-likeness (QED) is 0.390. The number of hydrogen-bond donors (Lipinski definition) is 2. The summed E-state index contributed by atoms with van der Waals surface area (Å²) in [7, 11) is 0. The molecule has 0 unspecified atom stereocenters. The number of carbonyl (C=O) groups excluding carboxylic acids is 1. The van der Waals surface area contributed by atoms with Gasteiger partial charge in [0.1, 0.15) is 5.15 Å². The number of benzene rings is 1. The predicted molar refractivity (Wildman–Crippen MR) is 134 cm³/mol. The van der Waals surface area contributed by atoms with Crippen molar-refractivity contribution in [3.63, 3.8) is 0 Å². The fourth-order valence-corrected chi connectivity index (χ4v) is 3.93. The lowest BCUT2D eigenvalue weighted by Crippen LogP contribution is -2.42. The third-order valence-electron chi connectivity index (χ3n) is 5.34. The average Bonchev–Trinajstić information content (AvgIpc) is 2.78. The number of rotatable bonds is 5. The summed E-state index contributed by atoms with van der Waals surface area (Å²) in [6, 6.07) is 18.8. The zero-order valence-electron chi connectivity index (χ0n) is 19.4. The van der Waals surface area contributed by atoms with Gasteiger partial charge in [0, 0.05) is 22.5 Å². The molecule has 4 aromatic rings. The Morgan fingerprint density at radius 2 is 1.56 bits per heavy atom. The second-order valence-electron chi connectivity index (χ2n) is 8.58. The molecule has 1 aromatic carbocycles. The van der Waals surface area contributed by atoms with E-state index in [0.29, 0.717) is 22.1 Å². The monoisotopic (exact) mass is 472 g/mol. The zero-order valence-corrected chi connectivity index (χ0v) is 20.2. The van der Waals surface area contributed by atoms with Crippen LogP contribution in [0.25, 0.3) is 22.5 Å². The van der Waals surface area contributed by atoms with Crippen molar-refractivity contribution in [2.45, 2.75) is 33.2 Å². The molecule has 3 heterocycles. The van der Waals surface area contributed by atoms with Crippen molar-refractivity contribution in [3.8, 4) is 22.5 Å². The maximum absolute atomic E-state index is 13.3. The van der Waals surface area contributed by atoms with Crippen LogP contribution in [0.5, 0.6) is 0 Å². The fraction of sp³-hybridized carbons (Fsp3) is 0.192. The van der Waals surface area contributed by atoms with Crippen LogP contribution in [0.3, 0.4) is 0 Å². The standard InChI is InChI=1S/C26H25ClN6O/c1-15-9-8-12-19(29-15)26(3,4)33-25(34)23-24(28)32-21(17-10-6-5-7-11-17)22(31-23)18-13-16(2)30-20(27)14-18/h5-14H,1-4H3,(H2,28,32)(H,33,34). The lowest BCUT2D eigenvalue weighted by molar-refractivity contribution is 0.0906. The first-order valence-electron chi connectivity index (χ1n) is 10.8. The summed E-state index contributed by atoms with van der Waals surface area (Å²) in [6.45, 7) is 7.50. The molecule has 0 saturated heterocycles. The fourth-order valence-electron chi connectivity index (χ4n) is 3.68. The topological polar surface area (TPSA) is 107 Å². The number of nitrogen functional groups attached to an aromatic ring is 1. The number of aromatic nitrogens is 4. The number of aryl methyl sites for hydroxylation is 2. The molecular weight excluding hydrogens is 448 g/mol. The van der Waals surface area contributed by atoms with Crippen molar-refractivity contribution < 1.29 is 4.79 Å². The molecule has 4 rings (SSSR count). The van der Waals surface area contributed by atoms with E-state index in [4.69, 9.17) is 22.3 Å². The first-order valence-corrected chi connectivity index (χ1v) is 11.2. The SMILES string of the molecule is Cc1cc(-c2nc(C(=O)NC(C)(C)c3cccc(C)n3)c(N)nc2-c2ccccc2)cc(Cl)n1. The molecule has 0 bridgehead atoms. The summed E-state index contributed by atoms with van der Waals surface area (Å²) in [5.74, 6) is -0.416. The van der Waals surface area contributed by atoms with Crippen molar-refractivity contribution in [1.29, 1.82) is 0 Å². The van der Waals surface area contributed by atoms with E-state index in [1.54, 1.807) is 6.07 Å². The summed E-state index contributed by atoms with van der Waals surface area (Å²) in [4.78, 5) is 31.4. The van der Waals surface area contributed by atoms with Gasteiger partial charge in [0.25, 0.3) is 5.91 Å². The van der Waals surface area contributed by atoms with Gasteiger partial charge < -0.3 is 11.1 Å². The number of pyridine rings is 2. The largest absolute Gasteiger partial charge is 0.382 e. The number of amides is 1. The Morgan fingerprint density at radius 1 is 0.853 bits per heavy atom. The van der Waals surface area contributed by atoms with Gasteiger partial charge in [-0.2, -0.15) is 0 Å². The molecule has 172 valence electrons. The summed E-state index contributed by atoms with van der Waals surface area (Å²) < 4.78 is 0. The van der Waals surface area contributed by atoms with Gasteiger partial charge in [-0.3, -0.25) is 9.78 Å². The summed E-state index contributed by atoms with van der Waals surface area (Å²) >= 11 is 6.23. The van der Waals surface area contributed by atoms with Crippen LogP contribution in [-0.4, -0.2) is 25.8 Å². The summed E-state index contributed by atoms with van der Waals surface area (Å²) in [6.07, 6.45) is 0. The number of nitrogens with zero attached hydrogens (tertiary/aromatic N) is 4. The second-order valence-corrected chi connectivity index (χ2v) is 8.97. The number of nitrogens with one attached hydrogen (secondary N) is 1. The minimum atomic E-state index is -0.758. The Bertz CT molecular complexity index is 1350. The Kier molecular flexibility index (Phi) is 6.30. The maximum Gasteiger partial charge on any atom is 0.274 e. The molecule has 0 spiro atoms. The molecule has 8 heteroatoms. The minimum absolute atomic E-state index is 0.0287. The van der Waals surface area contributed by atoms with E-state index in [2.05, 4.69) is 20.3 Å². The zero-order chi connectivity index (χ0) is 24.5. The lowest BCUT2D eigenvalue weighted by atomic mass is 9.99. The van der Waals surface area contributed by atoms with E-state index in [1.165, 1.54) is 0 Å². The van der Waals surface area contributed by atoms with Crippen molar-refractivity contribution in [1.82, 2.24) is 25.3 Å². The molecule has 3 N–H and O–H groups in total. The van der Waals surface area contributed by atoms with Crippen LogP contribution in [0.1, 0.15) is 41.4 Å². The summed E-state index contributed by atoms with van der Waals surface area (Å²) in [5, 5.41) is 3.32. The highest BCUT2D eigenvalue weighted by Crippen LogP contribution is 2.32. The van der Waals surface area contributed by atoms with Gasteiger partial charge in [-0.05, 0) is 52.0 Å². The van der Waals surface area contributed by atoms with Crippen molar-refractivity contribution in [3.05, 3.63) is 88.6 Å². The minimum Gasteiger partial charge on any atom is -0.382 e. The van der Waals surface area contributed by atoms with E-state index in [0.717, 1.165) is 22.6 Å². The maximum atomic E-state index is 13.3. The Morgan fingerprint density at radius 3 is 2.24 bits per heavy atom. The van der Waals surface area contributed by atoms with E-state index in [9.17, 15) is 4.79 Å². The molecule has 3 aromatic heterocycles. The van der Waals surface area contributed by atoms with Gasteiger partial charge in [-0.1, -0.05) is 48.0 Å². The molecule has 1 amide bonds. The highest BCUT2D eigenvalue weighted by Gasteiger charge is 2.28. The van der Waals surface area contributed by atoms with Crippen LogP contribution in [0.4, 0.5) is 5.82 Å². The average molecular weight is 473 g/mol. The summed E-state index contributed by atoms with van der Waals surface area (Å²) in [5.41, 5.74) is 10.4. The van der Waals surface area contributed by atoms with Crippen LogP contribution in [0.15, 0.2) is 60.7 Å². The molecule has 0 aliphatic heterocycles. The third-order valence-corrected chi connectivity index (χ3v) is 5.53. The second kappa shape index (κ2) is 9.19. The van der Waals surface area contributed by atoms with Crippen molar-refractivity contribution in [2.24, 2.45) is 0 Å². The molecule has 0 saturated carbocycles. The molecule has 0 fully saturated rings. The number of hydrogen-bond acceptors (Lipinski definition) is 6. The predicted octanol–water partition coefficient (Wildman–Crippen LogP) is 5.12. The first kappa shape index (κ1) is 23.3. The first-order chi connectivity index (χ1) is 16.1. The number of halogens is 1. The number of nitrogens with two attached hydrogens (primary N) is 1. The van der Waals surface area contributed by atoms with Gasteiger partial charge in [0.15, 0.2) is 11.5 Å². The van der Waals surface area contributed by atoms with Crippen LogP contribution < -0.4 is 11.1 Å². The Hall–Kier alpha value is -3.84. The van der Waals surface area contributed by atoms with Gasteiger partial charge in [0.05, 0.1) is 22.6 Å². The molecule has 0 aliphatic carbocycles. The number of carbonyl (C=O) groups is 1. The Balaban J connectivity index is 1.81. The highest BCUT2D eigenvalue weighted by atomic mass is 35.5. The van der Waals surface area contributed by atoms with Gasteiger partial charge in [-0.15, -0.1) is 0 Å². The molecule has 0 aliphatic rings. The molecule has 0 radical (unpaired) electrons. The Labute approximate surface area is 203 Å². The number of anilines is 1. The molecular formula is C26H25ClN6O. The molecule has 7 nitrogen and oxygen atoms in total. The molecule has 0 atom stereocenters. The van der Waals surface area contributed by atoms with Crippen LogP contribution >= 0.6 is 11.6 Å². The van der Waals surface area contributed by atoms with Gasteiger partial charge in [0.2, 0.25) is 0 Å². The third kappa shape index (κ3) is 4.89. The normalized spacial score (nSPS) is 11.3. The van der Waals surface area contributed by atoms with E-state index >= 15 is 0 Å². The van der Waals surface area contributed by atoms with E-state index in [-0.39, 0.29) is 11.5 Å². The van der Waals surface area contributed by atoms with Crippen LogP contribution in [0, 0.1) is 13.8 Å². The van der Waals surface area contributed by atoms with E-state index < -0.39 is 11.4 Å². The lowest BCUT2D eigenvalue weighted by Gasteiger charge is -2.26. The van der Waals surface area contributed by atoms with Crippen molar-refractivity contribution in [2.75, 3.05) is 5.73 Å². The molecule has 34 heavy (non-hydrogen) atoms. The smallest absolute Gasteiger partial charge is 0.274 e. The van der Waals surface area contributed by atoms with Gasteiger partial charge >= 0.3 is 0 Å². The van der Waals surface area contributed by atoms with Crippen LogP contribution in [0.2, 0.25) is 5.15 Å². The van der Waals surface area contributed by atoms with Gasteiger partial charge in [-0.25, -0.2) is 15.0 Å².